The van der Waals surface area contributed by atoms with Crippen LogP contribution in [0.2, 0.25) is 0 Å². The highest BCUT2D eigenvalue weighted by atomic mass is 19.1. The predicted molar refractivity (Wildman–Crippen MR) is 79.6 cm³/mol. The van der Waals surface area contributed by atoms with Crippen molar-refractivity contribution < 1.29 is 9.18 Å². The highest BCUT2D eigenvalue weighted by Gasteiger charge is 2.19. The van der Waals surface area contributed by atoms with E-state index < -0.39 is 0 Å². The van der Waals surface area contributed by atoms with Gasteiger partial charge in [-0.05, 0) is 36.5 Å². The average Bonchev–Trinajstić information content (AvgIpc) is 2.26. The Morgan fingerprint density at radius 2 is 1.85 bits per heavy atom. The van der Waals surface area contributed by atoms with Gasteiger partial charge < -0.3 is 11.1 Å². The third-order valence-corrected chi connectivity index (χ3v) is 3.07. The average molecular weight is 280 g/mol. The van der Waals surface area contributed by atoms with Crippen LogP contribution in [-0.2, 0) is 4.79 Å². The molecule has 1 amide bonds. The lowest BCUT2D eigenvalue weighted by molar-refractivity contribution is -0.122. The molecule has 20 heavy (non-hydrogen) atoms. The summed E-state index contributed by atoms with van der Waals surface area (Å²) >= 11 is 0. The van der Waals surface area contributed by atoms with Crippen molar-refractivity contribution in [2.45, 2.75) is 52.6 Å². The lowest BCUT2D eigenvalue weighted by atomic mass is 9.87. The molecule has 0 saturated heterocycles. The van der Waals surface area contributed by atoms with Crippen LogP contribution in [0.4, 0.5) is 4.39 Å². The SMILES string of the molecule is C[C@H](NC(=O)CC(N)CC(C)(C)C)c1ccc(F)cc1. The minimum Gasteiger partial charge on any atom is -0.350 e. The number of amides is 1. The van der Waals surface area contributed by atoms with Crippen molar-refractivity contribution >= 4 is 5.91 Å². The molecule has 0 aromatic heterocycles. The molecule has 0 bridgehead atoms. The van der Waals surface area contributed by atoms with E-state index in [0.717, 1.165) is 12.0 Å². The smallest absolute Gasteiger partial charge is 0.222 e. The van der Waals surface area contributed by atoms with Gasteiger partial charge >= 0.3 is 0 Å². The Hall–Kier alpha value is -1.42. The number of benzene rings is 1. The summed E-state index contributed by atoms with van der Waals surface area (Å²) in [7, 11) is 0. The normalized spacial score (nSPS) is 14.7. The first-order chi connectivity index (χ1) is 9.17. The molecule has 0 aliphatic carbocycles. The van der Waals surface area contributed by atoms with Gasteiger partial charge in [-0.3, -0.25) is 4.79 Å². The molecule has 1 rings (SSSR count). The monoisotopic (exact) mass is 280 g/mol. The number of carbonyl (C=O) groups is 1. The minimum absolute atomic E-state index is 0.0708. The molecular weight excluding hydrogens is 255 g/mol. The van der Waals surface area contributed by atoms with Crippen LogP contribution >= 0.6 is 0 Å². The summed E-state index contributed by atoms with van der Waals surface area (Å²) < 4.78 is 12.8. The second kappa shape index (κ2) is 6.84. The number of rotatable bonds is 5. The Balaban J connectivity index is 2.47. The van der Waals surface area contributed by atoms with E-state index in [-0.39, 0.29) is 29.2 Å². The third kappa shape index (κ3) is 6.15. The zero-order chi connectivity index (χ0) is 15.3. The summed E-state index contributed by atoms with van der Waals surface area (Å²) in [6.45, 7) is 8.18. The standard InChI is InChI=1S/C16H25FN2O/c1-11(12-5-7-13(17)8-6-12)19-15(20)9-14(18)10-16(2,3)4/h5-8,11,14H,9-10,18H2,1-4H3,(H,19,20)/t11-,14?/m0/s1. The molecular formula is C16H25FN2O. The number of nitrogens with one attached hydrogen (secondary N) is 1. The Morgan fingerprint density at radius 3 is 2.35 bits per heavy atom. The first-order valence-corrected chi connectivity index (χ1v) is 6.98. The molecule has 0 aliphatic rings. The lowest BCUT2D eigenvalue weighted by Gasteiger charge is -2.23. The fourth-order valence-electron chi connectivity index (χ4n) is 2.23. The van der Waals surface area contributed by atoms with E-state index in [0.29, 0.717) is 6.42 Å². The van der Waals surface area contributed by atoms with Crippen LogP contribution in [0.1, 0.15) is 52.1 Å². The number of nitrogens with two attached hydrogens (primary N) is 1. The van der Waals surface area contributed by atoms with Crippen LogP contribution < -0.4 is 11.1 Å². The van der Waals surface area contributed by atoms with Gasteiger partial charge in [0.25, 0.3) is 0 Å². The van der Waals surface area contributed by atoms with Crippen LogP contribution in [0.5, 0.6) is 0 Å². The molecule has 112 valence electrons. The zero-order valence-electron chi connectivity index (χ0n) is 12.7. The van der Waals surface area contributed by atoms with Crippen LogP contribution in [0.3, 0.4) is 0 Å². The Bertz CT molecular complexity index is 437. The van der Waals surface area contributed by atoms with E-state index >= 15 is 0 Å². The third-order valence-electron chi connectivity index (χ3n) is 3.07. The zero-order valence-corrected chi connectivity index (χ0v) is 12.7. The van der Waals surface area contributed by atoms with E-state index in [1.54, 1.807) is 12.1 Å². The van der Waals surface area contributed by atoms with Gasteiger partial charge in [-0.1, -0.05) is 32.9 Å². The summed E-state index contributed by atoms with van der Waals surface area (Å²) in [6.07, 6.45) is 1.11. The summed E-state index contributed by atoms with van der Waals surface area (Å²) in [4.78, 5) is 11.9. The molecule has 0 aliphatic heterocycles. The molecule has 0 radical (unpaired) electrons. The number of carbonyl (C=O) groups excluding carboxylic acids is 1. The van der Waals surface area contributed by atoms with Gasteiger partial charge in [0, 0.05) is 12.5 Å². The summed E-state index contributed by atoms with van der Waals surface area (Å²) in [5.41, 5.74) is 6.98. The van der Waals surface area contributed by atoms with Gasteiger partial charge in [0.05, 0.1) is 6.04 Å². The Kier molecular flexibility index (Phi) is 5.69. The predicted octanol–water partition coefficient (Wildman–Crippen LogP) is 3.16. The van der Waals surface area contributed by atoms with Gasteiger partial charge in [-0.2, -0.15) is 0 Å². The fourth-order valence-corrected chi connectivity index (χ4v) is 2.23. The maximum absolute atomic E-state index is 12.8. The summed E-state index contributed by atoms with van der Waals surface area (Å²) in [5.74, 6) is -0.349. The largest absolute Gasteiger partial charge is 0.350 e. The maximum atomic E-state index is 12.8. The Morgan fingerprint density at radius 1 is 1.30 bits per heavy atom. The van der Waals surface area contributed by atoms with Crippen LogP contribution in [0, 0.1) is 11.2 Å². The number of halogens is 1. The molecule has 0 spiro atoms. The van der Waals surface area contributed by atoms with E-state index in [9.17, 15) is 9.18 Å². The van der Waals surface area contributed by atoms with Crippen molar-refractivity contribution in [3.05, 3.63) is 35.6 Å². The van der Waals surface area contributed by atoms with Crippen molar-refractivity contribution in [2.24, 2.45) is 11.1 Å². The van der Waals surface area contributed by atoms with Gasteiger partial charge in [-0.15, -0.1) is 0 Å². The van der Waals surface area contributed by atoms with E-state index in [2.05, 4.69) is 26.1 Å². The van der Waals surface area contributed by atoms with Gasteiger partial charge in [0.15, 0.2) is 0 Å². The minimum atomic E-state index is -0.278. The second-order valence-electron chi connectivity index (χ2n) is 6.57. The van der Waals surface area contributed by atoms with Crippen LogP contribution in [-0.4, -0.2) is 11.9 Å². The number of hydrogen-bond acceptors (Lipinski definition) is 2. The quantitative estimate of drug-likeness (QED) is 0.870. The molecule has 1 aromatic rings. The van der Waals surface area contributed by atoms with Crippen molar-refractivity contribution in [3.8, 4) is 0 Å². The molecule has 0 saturated carbocycles. The van der Waals surface area contributed by atoms with E-state index in [1.807, 2.05) is 6.92 Å². The molecule has 1 unspecified atom stereocenters. The molecule has 0 heterocycles. The maximum Gasteiger partial charge on any atom is 0.222 e. The van der Waals surface area contributed by atoms with Crippen molar-refractivity contribution in [3.63, 3.8) is 0 Å². The van der Waals surface area contributed by atoms with E-state index in [1.165, 1.54) is 12.1 Å². The molecule has 2 atom stereocenters. The molecule has 3 N–H and O–H groups in total. The lowest BCUT2D eigenvalue weighted by Crippen LogP contribution is -2.35. The second-order valence-corrected chi connectivity index (χ2v) is 6.57. The van der Waals surface area contributed by atoms with Crippen molar-refractivity contribution in [1.29, 1.82) is 0 Å². The number of hydrogen-bond donors (Lipinski definition) is 2. The van der Waals surface area contributed by atoms with Crippen LogP contribution in [0.15, 0.2) is 24.3 Å². The van der Waals surface area contributed by atoms with Gasteiger partial charge in [0.1, 0.15) is 5.82 Å². The summed E-state index contributed by atoms with van der Waals surface area (Å²) in [6, 6.07) is 5.84. The molecule has 1 aromatic carbocycles. The first kappa shape index (κ1) is 16.6. The highest BCUT2D eigenvalue weighted by Crippen LogP contribution is 2.21. The fraction of sp³-hybridized carbons (Fsp3) is 0.562. The first-order valence-electron chi connectivity index (χ1n) is 6.98. The topological polar surface area (TPSA) is 55.1 Å². The van der Waals surface area contributed by atoms with Crippen LogP contribution in [0.25, 0.3) is 0 Å². The summed E-state index contributed by atoms with van der Waals surface area (Å²) in [5, 5.41) is 2.89. The van der Waals surface area contributed by atoms with Crippen molar-refractivity contribution in [2.75, 3.05) is 0 Å². The Labute approximate surface area is 120 Å². The van der Waals surface area contributed by atoms with Gasteiger partial charge in [-0.25, -0.2) is 4.39 Å². The molecule has 0 fully saturated rings. The molecule has 3 nitrogen and oxygen atoms in total. The van der Waals surface area contributed by atoms with E-state index in [4.69, 9.17) is 5.73 Å². The van der Waals surface area contributed by atoms with Crippen molar-refractivity contribution in [1.82, 2.24) is 5.32 Å². The highest BCUT2D eigenvalue weighted by molar-refractivity contribution is 5.77. The molecule has 4 heteroatoms. The van der Waals surface area contributed by atoms with Gasteiger partial charge in [0.2, 0.25) is 5.91 Å².